The Hall–Kier alpha value is -1.99. The van der Waals surface area contributed by atoms with Crippen LogP contribution in [0.25, 0.3) is 0 Å². The van der Waals surface area contributed by atoms with Crippen LogP contribution in [-0.2, 0) is 16.0 Å². The fraction of sp³-hybridized carbons (Fsp3) is 0.682. The summed E-state index contributed by atoms with van der Waals surface area (Å²) in [6.07, 6.45) is 7.18. The second-order valence-corrected chi connectivity index (χ2v) is 7.54. The number of hydrogen-bond donors (Lipinski definition) is 2. The molecule has 2 N–H and O–H groups in total. The Balaban J connectivity index is 1.45. The predicted molar refractivity (Wildman–Crippen MR) is 114 cm³/mol. The first-order valence-electron chi connectivity index (χ1n) is 10.8. The molecule has 0 bridgehead atoms. The van der Waals surface area contributed by atoms with Gasteiger partial charge in [0.15, 0.2) is 17.5 Å². The molecule has 0 aromatic heterocycles. The fourth-order valence-electron chi connectivity index (χ4n) is 3.74. The van der Waals surface area contributed by atoms with Gasteiger partial charge in [0.05, 0.1) is 25.9 Å². The van der Waals surface area contributed by atoms with E-state index in [0.717, 1.165) is 75.1 Å². The van der Waals surface area contributed by atoms with Gasteiger partial charge >= 0.3 is 0 Å². The van der Waals surface area contributed by atoms with Crippen molar-refractivity contribution in [2.24, 2.45) is 4.99 Å². The van der Waals surface area contributed by atoms with E-state index in [9.17, 15) is 0 Å². The molecule has 3 rings (SSSR count). The van der Waals surface area contributed by atoms with Crippen LogP contribution in [-0.4, -0.2) is 58.7 Å². The average Bonchev–Trinajstić information content (AvgIpc) is 3.45. The number of rotatable bonds is 10. The Morgan fingerprint density at radius 3 is 2.76 bits per heavy atom. The Morgan fingerprint density at radius 1 is 1.17 bits per heavy atom. The van der Waals surface area contributed by atoms with Crippen LogP contribution in [0.3, 0.4) is 0 Å². The molecule has 1 aromatic rings. The lowest BCUT2D eigenvalue weighted by Gasteiger charge is -2.20. The van der Waals surface area contributed by atoms with E-state index in [0.29, 0.717) is 6.54 Å². The van der Waals surface area contributed by atoms with E-state index in [2.05, 4.69) is 21.7 Å². The van der Waals surface area contributed by atoms with Gasteiger partial charge in [-0.2, -0.15) is 0 Å². The summed E-state index contributed by atoms with van der Waals surface area (Å²) in [5, 5.41) is 6.72. The maximum Gasteiger partial charge on any atom is 0.191 e. The highest BCUT2D eigenvalue weighted by Gasteiger charge is 2.20. The highest BCUT2D eigenvalue weighted by molar-refractivity contribution is 5.79. The number of ether oxygens (including phenoxy) is 4. The van der Waals surface area contributed by atoms with E-state index in [-0.39, 0.29) is 12.2 Å². The summed E-state index contributed by atoms with van der Waals surface area (Å²) in [7, 11) is 3.47. The topological polar surface area (TPSA) is 73.3 Å². The molecule has 1 saturated heterocycles. The number of para-hydroxylation sites is 1. The summed E-state index contributed by atoms with van der Waals surface area (Å²) in [5.74, 6) is 2.40. The van der Waals surface area contributed by atoms with Gasteiger partial charge in [-0.15, -0.1) is 0 Å². The van der Waals surface area contributed by atoms with Gasteiger partial charge in [0.1, 0.15) is 0 Å². The summed E-state index contributed by atoms with van der Waals surface area (Å²) in [4.78, 5) is 4.32. The van der Waals surface area contributed by atoms with Crippen LogP contribution in [0, 0.1) is 0 Å². The molecule has 2 fully saturated rings. The summed E-state index contributed by atoms with van der Waals surface area (Å²) in [6, 6.07) is 6.03. The van der Waals surface area contributed by atoms with E-state index >= 15 is 0 Å². The monoisotopic (exact) mass is 405 g/mol. The van der Waals surface area contributed by atoms with E-state index in [1.165, 1.54) is 12.8 Å². The number of benzene rings is 1. The van der Waals surface area contributed by atoms with Gasteiger partial charge in [0.25, 0.3) is 0 Å². The zero-order valence-corrected chi connectivity index (χ0v) is 17.7. The summed E-state index contributed by atoms with van der Waals surface area (Å²) in [6.45, 7) is 3.69. The van der Waals surface area contributed by atoms with Gasteiger partial charge in [-0.25, -0.2) is 0 Å². The minimum atomic E-state index is 0.263. The first kappa shape index (κ1) is 21.7. The second-order valence-electron chi connectivity index (χ2n) is 7.54. The molecule has 1 aliphatic carbocycles. The predicted octanol–water partition coefficient (Wildman–Crippen LogP) is 2.88. The molecule has 0 spiro atoms. The number of methoxy groups -OCH3 is 1. The minimum Gasteiger partial charge on any atom is -0.493 e. The molecular weight excluding hydrogens is 370 g/mol. The van der Waals surface area contributed by atoms with Crippen LogP contribution in [0.1, 0.15) is 44.1 Å². The number of hydrogen-bond acceptors (Lipinski definition) is 5. The van der Waals surface area contributed by atoms with Crippen molar-refractivity contribution in [3.63, 3.8) is 0 Å². The highest BCUT2D eigenvalue weighted by Crippen LogP contribution is 2.34. The molecule has 29 heavy (non-hydrogen) atoms. The lowest BCUT2D eigenvalue weighted by Crippen LogP contribution is -2.37. The molecule has 1 aliphatic heterocycles. The van der Waals surface area contributed by atoms with E-state index < -0.39 is 0 Å². The summed E-state index contributed by atoms with van der Waals surface area (Å²) < 4.78 is 23.0. The van der Waals surface area contributed by atoms with Gasteiger partial charge < -0.3 is 29.6 Å². The quantitative estimate of drug-likeness (QED) is 0.354. The Labute approximate surface area is 174 Å². The van der Waals surface area contributed by atoms with E-state index in [1.54, 1.807) is 14.2 Å². The fourth-order valence-corrected chi connectivity index (χ4v) is 3.74. The second kappa shape index (κ2) is 11.9. The molecule has 1 heterocycles. The van der Waals surface area contributed by atoms with Crippen molar-refractivity contribution in [3.05, 3.63) is 23.8 Å². The third-order valence-corrected chi connectivity index (χ3v) is 5.39. The van der Waals surface area contributed by atoms with Crippen LogP contribution in [0.15, 0.2) is 23.2 Å². The van der Waals surface area contributed by atoms with Crippen LogP contribution < -0.4 is 20.1 Å². The van der Waals surface area contributed by atoms with Crippen molar-refractivity contribution in [3.8, 4) is 11.5 Å². The average molecular weight is 406 g/mol. The van der Waals surface area contributed by atoms with Crippen LogP contribution in [0.2, 0.25) is 0 Å². The number of nitrogens with one attached hydrogen (secondary N) is 2. The Morgan fingerprint density at radius 2 is 2.03 bits per heavy atom. The highest BCUT2D eigenvalue weighted by atomic mass is 16.5. The minimum absolute atomic E-state index is 0.263. The molecule has 162 valence electrons. The number of aliphatic imine (C=N–C) groups is 1. The third-order valence-electron chi connectivity index (χ3n) is 5.39. The zero-order valence-electron chi connectivity index (χ0n) is 17.7. The normalized spacial score (nSPS) is 20.1. The summed E-state index contributed by atoms with van der Waals surface area (Å²) in [5.41, 5.74) is 1.07. The number of guanidine groups is 1. The molecule has 0 radical (unpaired) electrons. The summed E-state index contributed by atoms with van der Waals surface area (Å²) >= 11 is 0. The largest absolute Gasteiger partial charge is 0.493 e. The molecule has 1 saturated carbocycles. The SMILES string of the molecule is CN=C(NCCCOC1CCOC1)NCc1cccc(OC)c1OC1CCCC1. The van der Waals surface area contributed by atoms with Gasteiger partial charge in [-0.1, -0.05) is 12.1 Å². The lowest BCUT2D eigenvalue weighted by molar-refractivity contribution is 0.0420. The molecule has 1 unspecified atom stereocenters. The van der Waals surface area contributed by atoms with Gasteiger partial charge in [-0.05, 0) is 44.6 Å². The molecule has 1 aromatic carbocycles. The maximum atomic E-state index is 6.30. The van der Waals surface area contributed by atoms with Crippen molar-refractivity contribution in [2.75, 3.05) is 40.5 Å². The number of nitrogens with zero attached hydrogens (tertiary/aromatic N) is 1. The molecule has 0 amide bonds. The van der Waals surface area contributed by atoms with Gasteiger partial charge in [-0.3, -0.25) is 4.99 Å². The van der Waals surface area contributed by atoms with Crippen LogP contribution in [0.4, 0.5) is 0 Å². The van der Waals surface area contributed by atoms with Crippen molar-refractivity contribution < 1.29 is 18.9 Å². The van der Waals surface area contributed by atoms with Crippen molar-refractivity contribution in [2.45, 2.75) is 57.3 Å². The standard InChI is InChI=1S/C22H35N3O4/c1-23-22(24-12-6-13-28-19-11-14-27-16-19)25-15-17-7-5-10-20(26-2)21(17)29-18-8-3-4-9-18/h5,7,10,18-19H,3-4,6,8-9,11-16H2,1-2H3,(H2,23,24,25). The van der Waals surface area contributed by atoms with Gasteiger partial charge in [0, 0.05) is 38.9 Å². The van der Waals surface area contributed by atoms with Crippen molar-refractivity contribution in [1.29, 1.82) is 0 Å². The van der Waals surface area contributed by atoms with Gasteiger partial charge in [0.2, 0.25) is 0 Å². The molecule has 1 atom stereocenters. The smallest absolute Gasteiger partial charge is 0.191 e. The first-order chi connectivity index (χ1) is 14.3. The third kappa shape index (κ3) is 6.78. The lowest BCUT2D eigenvalue weighted by atomic mass is 10.1. The Bertz CT molecular complexity index is 641. The van der Waals surface area contributed by atoms with Crippen LogP contribution in [0.5, 0.6) is 11.5 Å². The molecular formula is C22H35N3O4. The first-order valence-corrected chi connectivity index (χ1v) is 10.8. The zero-order chi connectivity index (χ0) is 20.3. The van der Waals surface area contributed by atoms with Crippen molar-refractivity contribution >= 4 is 5.96 Å². The molecule has 2 aliphatic rings. The van der Waals surface area contributed by atoms with E-state index in [4.69, 9.17) is 18.9 Å². The van der Waals surface area contributed by atoms with E-state index in [1.807, 2.05) is 12.1 Å². The molecule has 7 nitrogen and oxygen atoms in total. The van der Waals surface area contributed by atoms with Crippen molar-refractivity contribution in [1.82, 2.24) is 10.6 Å². The Kier molecular flexibility index (Phi) is 8.89. The maximum absolute atomic E-state index is 6.30. The molecule has 7 heteroatoms. The van der Waals surface area contributed by atoms with Crippen LogP contribution >= 0.6 is 0 Å².